The molecule has 0 radical (unpaired) electrons. The zero-order valence-corrected chi connectivity index (χ0v) is 17.7. The van der Waals surface area contributed by atoms with Crippen LogP contribution in [0.5, 0.6) is 11.6 Å². The topological polar surface area (TPSA) is 92.5 Å². The minimum absolute atomic E-state index is 0.244. The summed E-state index contributed by atoms with van der Waals surface area (Å²) in [4.78, 5) is 18.2. The van der Waals surface area contributed by atoms with Gasteiger partial charge in [-0.1, -0.05) is 12.1 Å². The number of phenolic OH excluding ortho intramolecular Hbond substituents is 1. The van der Waals surface area contributed by atoms with Gasteiger partial charge >= 0.3 is 0 Å². The Morgan fingerprint density at radius 3 is 2.45 bits per heavy atom. The molecule has 0 aliphatic carbocycles. The summed E-state index contributed by atoms with van der Waals surface area (Å²) in [6.45, 7) is 8.23. The molecule has 2 aromatic rings. The predicted octanol–water partition coefficient (Wildman–Crippen LogP) is 1.35. The third-order valence-corrected chi connectivity index (χ3v) is 5.22. The summed E-state index contributed by atoms with van der Waals surface area (Å²) in [5.41, 5.74) is 1.00. The lowest BCUT2D eigenvalue weighted by Crippen LogP contribution is -2.38. The van der Waals surface area contributed by atoms with Crippen molar-refractivity contribution in [2.45, 2.75) is 6.54 Å². The molecule has 2 saturated heterocycles. The molecule has 0 atom stereocenters. The average molecular weight is 428 g/mol. The summed E-state index contributed by atoms with van der Waals surface area (Å²) in [6.07, 6.45) is 1.67. The van der Waals surface area contributed by atoms with Crippen LogP contribution in [0.25, 0.3) is 0 Å². The highest BCUT2D eigenvalue weighted by molar-refractivity contribution is 5.75. The van der Waals surface area contributed by atoms with E-state index in [4.69, 9.17) is 14.2 Å². The Hall–Kier alpha value is -2.75. The number of rotatable bonds is 8. The van der Waals surface area contributed by atoms with Crippen LogP contribution in [0.2, 0.25) is 0 Å². The summed E-state index contributed by atoms with van der Waals surface area (Å²) >= 11 is 0. The third kappa shape index (κ3) is 6.61. The number of aromatic nitrogens is 2. The molecule has 0 amide bonds. The molecular formula is C22H29N5O4. The largest absolute Gasteiger partial charge is 0.508 e. The fourth-order valence-electron chi connectivity index (χ4n) is 3.45. The normalized spacial score (nSPS) is 17.9. The van der Waals surface area contributed by atoms with Crippen molar-refractivity contribution in [1.82, 2.24) is 14.9 Å². The lowest BCUT2D eigenvalue weighted by Gasteiger charge is -2.28. The van der Waals surface area contributed by atoms with E-state index in [2.05, 4.69) is 24.8 Å². The van der Waals surface area contributed by atoms with E-state index in [1.54, 1.807) is 18.3 Å². The van der Waals surface area contributed by atoms with Crippen LogP contribution in [-0.2, 0) is 16.0 Å². The van der Waals surface area contributed by atoms with E-state index in [9.17, 15) is 5.11 Å². The molecule has 9 heteroatoms. The smallest absolute Gasteiger partial charge is 0.219 e. The Balaban J connectivity index is 1.42. The number of nitrogens with zero attached hydrogens (tertiary/aromatic N) is 5. The van der Waals surface area contributed by atoms with Gasteiger partial charge in [-0.2, -0.15) is 4.98 Å². The zero-order chi connectivity index (χ0) is 21.3. The fourth-order valence-corrected chi connectivity index (χ4v) is 3.45. The van der Waals surface area contributed by atoms with E-state index in [-0.39, 0.29) is 5.75 Å². The van der Waals surface area contributed by atoms with Crippen LogP contribution in [0, 0.1) is 0 Å². The number of anilines is 1. The van der Waals surface area contributed by atoms with Crippen molar-refractivity contribution in [3.05, 3.63) is 41.7 Å². The summed E-state index contributed by atoms with van der Waals surface area (Å²) in [5, 5.41) is 9.40. The van der Waals surface area contributed by atoms with Gasteiger partial charge in [0.1, 0.15) is 18.2 Å². The molecule has 0 saturated carbocycles. The molecule has 2 fully saturated rings. The molecule has 1 aromatic heterocycles. The molecule has 166 valence electrons. The van der Waals surface area contributed by atoms with Crippen LogP contribution in [0.15, 0.2) is 35.3 Å². The second-order valence-corrected chi connectivity index (χ2v) is 7.46. The maximum absolute atomic E-state index is 9.40. The van der Waals surface area contributed by atoms with Crippen LogP contribution in [0.3, 0.4) is 0 Å². The number of ether oxygens (including phenoxy) is 3. The molecular weight excluding hydrogens is 398 g/mol. The van der Waals surface area contributed by atoms with E-state index in [0.717, 1.165) is 57.3 Å². The van der Waals surface area contributed by atoms with Crippen molar-refractivity contribution < 1.29 is 19.3 Å². The Morgan fingerprint density at radius 1 is 1.00 bits per heavy atom. The Bertz CT molecular complexity index is 849. The number of benzene rings is 1. The Labute approximate surface area is 182 Å². The minimum atomic E-state index is 0.244. The molecule has 2 aliphatic heterocycles. The molecule has 31 heavy (non-hydrogen) atoms. The second kappa shape index (κ2) is 11.0. The van der Waals surface area contributed by atoms with E-state index in [0.29, 0.717) is 38.1 Å². The number of hydrogen-bond donors (Lipinski definition) is 1. The standard InChI is InChI=1S/C22H29N5O4/c28-19-3-1-18(2-4-19)16-23-17-20-24-21(27-8-12-30-13-9-27)15-22(25-20)31-14-7-26-5-10-29-11-6-26/h1-4,15,17,28H,5-14,16H2. The van der Waals surface area contributed by atoms with Crippen LogP contribution < -0.4 is 9.64 Å². The SMILES string of the molecule is Oc1ccc(CN=Cc2nc(OCCN3CCOCC3)cc(N3CCOCC3)n2)cc1. The summed E-state index contributed by atoms with van der Waals surface area (Å²) in [6, 6.07) is 8.89. The van der Waals surface area contributed by atoms with Crippen molar-refractivity contribution in [2.24, 2.45) is 4.99 Å². The summed E-state index contributed by atoms with van der Waals surface area (Å²) in [7, 11) is 0. The van der Waals surface area contributed by atoms with Crippen molar-refractivity contribution in [3.63, 3.8) is 0 Å². The zero-order valence-electron chi connectivity index (χ0n) is 17.7. The second-order valence-electron chi connectivity index (χ2n) is 7.46. The van der Waals surface area contributed by atoms with Gasteiger partial charge in [-0.15, -0.1) is 0 Å². The molecule has 0 unspecified atom stereocenters. The van der Waals surface area contributed by atoms with Gasteiger partial charge in [-0.25, -0.2) is 4.98 Å². The Kier molecular flexibility index (Phi) is 7.65. The van der Waals surface area contributed by atoms with Crippen LogP contribution in [0.4, 0.5) is 5.82 Å². The number of aromatic hydroxyl groups is 1. The van der Waals surface area contributed by atoms with Crippen LogP contribution in [0.1, 0.15) is 11.4 Å². The van der Waals surface area contributed by atoms with Crippen LogP contribution >= 0.6 is 0 Å². The van der Waals surface area contributed by atoms with Gasteiger partial charge < -0.3 is 24.2 Å². The minimum Gasteiger partial charge on any atom is -0.508 e. The van der Waals surface area contributed by atoms with Gasteiger partial charge in [0.05, 0.1) is 39.2 Å². The summed E-state index contributed by atoms with van der Waals surface area (Å²) < 4.78 is 16.8. The van der Waals surface area contributed by atoms with E-state index in [1.807, 2.05) is 18.2 Å². The van der Waals surface area contributed by atoms with Gasteiger partial charge in [0.2, 0.25) is 5.88 Å². The van der Waals surface area contributed by atoms with Gasteiger partial charge in [0.25, 0.3) is 0 Å². The summed E-state index contributed by atoms with van der Waals surface area (Å²) in [5.74, 6) is 2.14. The van der Waals surface area contributed by atoms with Crippen molar-refractivity contribution in [1.29, 1.82) is 0 Å². The lowest BCUT2D eigenvalue weighted by molar-refractivity contribution is 0.0320. The highest BCUT2D eigenvalue weighted by Gasteiger charge is 2.16. The van der Waals surface area contributed by atoms with Crippen molar-refractivity contribution >= 4 is 12.0 Å². The van der Waals surface area contributed by atoms with E-state index < -0.39 is 0 Å². The molecule has 4 rings (SSSR count). The first-order valence-electron chi connectivity index (χ1n) is 10.7. The van der Waals surface area contributed by atoms with Crippen LogP contribution in [-0.4, -0.2) is 91.9 Å². The third-order valence-electron chi connectivity index (χ3n) is 5.22. The van der Waals surface area contributed by atoms with Gasteiger partial charge in [0, 0.05) is 38.8 Å². The predicted molar refractivity (Wildman–Crippen MR) is 117 cm³/mol. The van der Waals surface area contributed by atoms with E-state index in [1.165, 1.54) is 0 Å². The molecule has 3 heterocycles. The highest BCUT2D eigenvalue weighted by Crippen LogP contribution is 2.19. The molecule has 2 aliphatic rings. The van der Waals surface area contributed by atoms with Gasteiger partial charge in [-0.05, 0) is 17.7 Å². The number of hydrogen-bond acceptors (Lipinski definition) is 9. The quantitative estimate of drug-likeness (QED) is 0.631. The molecule has 1 N–H and O–H groups in total. The first-order chi connectivity index (χ1) is 15.3. The monoisotopic (exact) mass is 427 g/mol. The number of aliphatic imine (C=N–C) groups is 1. The van der Waals surface area contributed by atoms with Gasteiger partial charge in [0.15, 0.2) is 5.82 Å². The average Bonchev–Trinajstić information content (AvgIpc) is 2.82. The number of phenols is 1. The highest BCUT2D eigenvalue weighted by atomic mass is 16.5. The van der Waals surface area contributed by atoms with Crippen molar-refractivity contribution in [3.8, 4) is 11.6 Å². The molecule has 1 aromatic carbocycles. The first kappa shape index (κ1) is 21.5. The lowest BCUT2D eigenvalue weighted by atomic mass is 10.2. The molecule has 9 nitrogen and oxygen atoms in total. The number of morpholine rings is 2. The molecule has 0 bridgehead atoms. The Morgan fingerprint density at radius 2 is 1.71 bits per heavy atom. The van der Waals surface area contributed by atoms with Gasteiger partial charge in [-0.3, -0.25) is 9.89 Å². The van der Waals surface area contributed by atoms with E-state index >= 15 is 0 Å². The maximum Gasteiger partial charge on any atom is 0.219 e. The first-order valence-corrected chi connectivity index (χ1v) is 10.7. The fraction of sp³-hybridized carbons (Fsp3) is 0.500. The van der Waals surface area contributed by atoms with Crippen molar-refractivity contribution in [2.75, 3.05) is 70.7 Å². The maximum atomic E-state index is 9.40. The molecule has 0 spiro atoms.